The van der Waals surface area contributed by atoms with Crippen molar-refractivity contribution in [2.75, 3.05) is 44.4 Å². The van der Waals surface area contributed by atoms with Gasteiger partial charge in [-0.3, -0.25) is 4.79 Å². The Morgan fingerprint density at radius 1 is 1.21 bits per heavy atom. The minimum atomic E-state index is -0.489. The maximum absolute atomic E-state index is 13.2. The number of likely N-dealkylation sites (N-methyl/N-ethyl adjacent to an activating group) is 1. The molecule has 1 heterocycles. The van der Waals surface area contributed by atoms with Crippen molar-refractivity contribution in [3.63, 3.8) is 0 Å². The Balaban J connectivity index is 1.85. The predicted molar refractivity (Wildman–Crippen MR) is 130 cm³/mol. The van der Waals surface area contributed by atoms with Crippen molar-refractivity contribution in [3.05, 3.63) is 53.8 Å². The number of rotatable bonds is 6. The molecule has 2 aromatic rings. The Bertz CT molecular complexity index is 999. The zero-order valence-corrected chi connectivity index (χ0v) is 20.0. The van der Waals surface area contributed by atoms with E-state index in [0.29, 0.717) is 35.8 Å². The van der Waals surface area contributed by atoms with Crippen molar-refractivity contribution in [2.45, 2.75) is 32.4 Å². The normalized spacial score (nSPS) is 19.4. The summed E-state index contributed by atoms with van der Waals surface area (Å²) in [5.41, 5.74) is 1.60. The fraction of sp³-hybridized carbons (Fsp3) is 0.440. The van der Waals surface area contributed by atoms with Gasteiger partial charge in [-0.15, -0.1) is 0 Å². The van der Waals surface area contributed by atoms with Crippen LogP contribution in [-0.4, -0.2) is 72.8 Å². The van der Waals surface area contributed by atoms with Gasteiger partial charge in [0, 0.05) is 35.9 Å². The highest BCUT2D eigenvalue weighted by atomic mass is 19.1. The quantitative estimate of drug-likeness (QED) is 0.601. The number of carbonyl (C=O) groups excluding carboxylic acids is 2. The van der Waals surface area contributed by atoms with Crippen LogP contribution in [0.4, 0.5) is 20.6 Å². The van der Waals surface area contributed by atoms with Crippen LogP contribution in [0.5, 0.6) is 5.75 Å². The summed E-state index contributed by atoms with van der Waals surface area (Å²) in [7, 11) is 3.94. The summed E-state index contributed by atoms with van der Waals surface area (Å²) in [6, 6.07) is 9.85. The fourth-order valence-electron chi connectivity index (χ4n) is 3.91. The molecular formula is C25H33FN4O4. The average molecular weight is 473 g/mol. The standard InChI is InChI=1S/C25H33FN4O4/c1-16-13-30(17(2)15-31)24(32)12-18-11-21(9-10-22(18)34-23(16)14-29(3)4)28-25(33)27-20-7-5-19(26)6-8-20/h5-11,16-17,23,31H,12-15H2,1-4H3,(H2,27,28,33)/t16-,17+,23-/m1/s1. The van der Waals surface area contributed by atoms with Crippen LogP contribution in [0.25, 0.3) is 0 Å². The molecule has 0 radical (unpaired) electrons. The third-order valence-corrected chi connectivity index (χ3v) is 5.82. The van der Waals surface area contributed by atoms with Gasteiger partial charge in [-0.2, -0.15) is 0 Å². The van der Waals surface area contributed by atoms with Gasteiger partial charge in [-0.05, 0) is 63.5 Å². The number of aliphatic hydroxyl groups is 1. The highest BCUT2D eigenvalue weighted by Crippen LogP contribution is 2.29. The first kappa shape index (κ1) is 25.5. The van der Waals surface area contributed by atoms with Crippen LogP contribution in [0.3, 0.4) is 0 Å². The number of nitrogens with one attached hydrogen (secondary N) is 2. The van der Waals surface area contributed by atoms with Crippen LogP contribution < -0.4 is 15.4 Å². The molecule has 34 heavy (non-hydrogen) atoms. The Morgan fingerprint density at radius 3 is 2.50 bits per heavy atom. The molecule has 2 aromatic carbocycles. The number of carbonyl (C=O) groups is 2. The van der Waals surface area contributed by atoms with E-state index in [9.17, 15) is 19.1 Å². The molecule has 9 heteroatoms. The molecule has 184 valence electrons. The van der Waals surface area contributed by atoms with E-state index in [-0.39, 0.29) is 42.8 Å². The second kappa shape index (κ2) is 11.3. The van der Waals surface area contributed by atoms with Crippen molar-refractivity contribution in [1.29, 1.82) is 0 Å². The fourth-order valence-corrected chi connectivity index (χ4v) is 3.91. The summed E-state index contributed by atoms with van der Waals surface area (Å²) in [5, 5.41) is 15.1. The van der Waals surface area contributed by atoms with Crippen LogP contribution in [0.15, 0.2) is 42.5 Å². The molecule has 0 aromatic heterocycles. The lowest BCUT2D eigenvalue weighted by molar-refractivity contribution is -0.134. The predicted octanol–water partition coefficient (Wildman–Crippen LogP) is 3.18. The molecule has 0 aliphatic carbocycles. The molecule has 3 amide bonds. The average Bonchev–Trinajstić information content (AvgIpc) is 2.82. The zero-order valence-electron chi connectivity index (χ0n) is 20.0. The number of benzene rings is 2. The minimum Gasteiger partial charge on any atom is -0.488 e. The van der Waals surface area contributed by atoms with Gasteiger partial charge in [0.1, 0.15) is 17.7 Å². The minimum absolute atomic E-state index is 0.0330. The Morgan fingerprint density at radius 2 is 1.85 bits per heavy atom. The van der Waals surface area contributed by atoms with Gasteiger partial charge in [0.05, 0.1) is 19.1 Å². The van der Waals surface area contributed by atoms with Crippen molar-refractivity contribution in [3.8, 4) is 5.75 Å². The molecule has 3 atom stereocenters. The van der Waals surface area contributed by atoms with Gasteiger partial charge in [-0.25, -0.2) is 9.18 Å². The van der Waals surface area contributed by atoms with Crippen molar-refractivity contribution in [2.24, 2.45) is 5.92 Å². The van der Waals surface area contributed by atoms with Gasteiger partial charge in [0.15, 0.2) is 0 Å². The smallest absolute Gasteiger partial charge is 0.323 e. The lowest BCUT2D eigenvalue weighted by atomic mass is 10.0. The molecule has 3 rings (SSSR count). The van der Waals surface area contributed by atoms with Crippen LogP contribution in [-0.2, 0) is 11.2 Å². The van der Waals surface area contributed by atoms with E-state index in [4.69, 9.17) is 4.74 Å². The first-order valence-electron chi connectivity index (χ1n) is 11.3. The first-order chi connectivity index (χ1) is 16.2. The monoisotopic (exact) mass is 472 g/mol. The number of anilines is 2. The number of nitrogens with zero attached hydrogens (tertiary/aromatic N) is 2. The second-order valence-electron chi connectivity index (χ2n) is 9.06. The van der Waals surface area contributed by atoms with E-state index in [1.54, 1.807) is 23.1 Å². The van der Waals surface area contributed by atoms with Gasteiger partial charge < -0.3 is 30.3 Å². The maximum atomic E-state index is 13.2. The van der Waals surface area contributed by atoms with Gasteiger partial charge >= 0.3 is 6.03 Å². The Kier molecular flexibility index (Phi) is 8.46. The summed E-state index contributed by atoms with van der Waals surface area (Å²) < 4.78 is 19.5. The number of fused-ring (bicyclic) bond motifs is 1. The van der Waals surface area contributed by atoms with Crippen LogP contribution in [0.1, 0.15) is 19.4 Å². The van der Waals surface area contributed by atoms with E-state index >= 15 is 0 Å². The highest BCUT2D eigenvalue weighted by Gasteiger charge is 2.30. The molecule has 0 saturated carbocycles. The summed E-state index contributed by atoms with van der Waals surface area (Å²) in [6.45, 7) is 4.87. The number of halogens is 1. The van der Waals surface area contributed by atoms with Crippen LogP contribution in [0, 0.1) is 11.7 Å². The molecule has 1 aliphatic rings. The number of hydrogen-bond donors (Lipinski definition) is 3. The summed E-state index contributed by atoms with van der Waals surface area (Å²) in [6.07, 6.45) is -0.0930. The third kappa shape index (κ3) is 6.68. The van der Waals surface area contributed by atoms with Gasteiger partial charge in [0.2, 0.25) is 5.91 Å². The van der Waals surface area contributed by atoms with Crippen molar-refractivity contribution in [1.82, 2.24) is 9.80 Å². The second-order valence-corrected chi connectivity index (χ2v) is 9.06. The van der Waals surface area contributed by atoms with Crippen LogP contribution in [0.2, 0.25) is 0 Å². The molecule has 0 bridgehead atoms. The van der Waals surface area contributed by atoms with Gasteiger partial charge in [0.25, 0.3) is 0 Å². The third-order valence-electron chi connectivity index (χ3n) is 5.82. The molecule has 0 spiro atoms. The van der Waals surface area contributed by atoms with Crippen LogP contribution >= 0.6 is 0 Å². The topological polar surface area (TPSA) is 94.1 Å². The highest BCUT2D eigenvalue weighted by molar-refractivity contribution is 5.99. The molecule has 3 N–H and O–H groups in total. The summed E-state index contributed by atoms with van der Waals surface area (Å²) >= 11 is 0. The molecule has 1 aliphatic heterocycles. The van der Waals surface area contributed by atoms with E-state index < -0.39 is 6.03 Å². The van der Waals surface area contributed by atoms with E-state index in [1.807, 2.05) is 32.8 Å². The summed E-state index contributed by atoms with van der Waals surface area (Å²) in [5.74, 6) is 0.122. The number of urea groups is 1. The lowest BCUT2D eigenvalue weighted by Crippen LogP contribution is -2.47. The molecular weight excluding hydrogens is 439 g/mol. The van der Waals surface area contributed by atoms with E-state index in [1.165, 1.54) is 24.3 Å². The number of amides is 3. The molecule has 8 nitrogen and oxygen atoms in total. The maximum Gasteiger partial charge on any atom is 0.323 e. The van der Waals surface area contributed by atoms with Gasteiger partial charge in [-0.1, -0.05) is 6.92 Å². The van der Waals surface area contributed by atoms with Crippen molar-refractivity contribution < 1.29 is 23.8 Å². The first-order valence-corrected chi connectivity index (χ1v) is 11.3. The zero-order chi connectivity index (χ0) is 24.8. The number of ether oxygens (including phenoxy) is 1. The number of aliphatic hydroxyl groups excluding tert-OH is 1. The molecule has 0 fully saturated rings. The van der Waals surface area contributed by atoms with E-state index in [0.717, 1.165) is 0 Å². The van der Waals surface area contributed by atoms with E-state index in [2.05, 4.69) is 10.6 Å². The Hall–Kier alpha value is -3.17. The molecule has 0 unspecified atom stereocenters. The SMILES string of the molecule is C[C@@H]1CN([C@@H](C)CO)C(=O)Cc2cc(NC(=O)Nc3ccc(F)cc3)ccc2O[C@@H]1CN(C)C. The summed E-state index contributed by atoms with van der Waals surface area (Å²) in [4.78, 5) is 29.3. The molecule has 0 saturated heterocycles. The Labute approximate surface area is 199 Å². The number of hydrogen-bond acceptors (Lipinski definition) is 5. The largest absolute Gasteiger partial charge is 0.488 e. The lowest BCUT2D eigenvalue weighted by Gasteiger charge is -2.33. The van der Waals surface area contributed by atoms with Crippen molar-refractivity contribution >= 4 is 23.3 Å².